The van der Waals surface area contributed by atoms with Crippen LogP contribution in [0.5, 0.6) is 5.75 Å². The highest BCUT2D eigenvalue weighted by molar-refractivity contribution is 5.75. The first kappa shape index (κ1) is 11.9. The van der Waals surface area contributed by atoms with Crippen LogP contribution < -0.4 is 11.5 Å². The van der Waals surface area contributed by atoms with Gasteiger partial charge in [-0.1, -0.05) is 0 Å². The van der Waals surface area contributed by atoms with Gasteiger partial charge in [-0.05, 0) is 12.1 Å². The van der Waals surface area contributed by atoms with Crippen LogP contribution in [0.25, 0.3) is 0 Å². The van der Waals surface area contributed by atoms with E-state index in [4.69, 9.17) is 11.5 Å². The molecule has 7 heteroatoms. The van der Waals surface area contributed by atoms with Crippen molar-refractivity contribution in [3.63, 3.8) is 0 Å². The summed E-state index contributed by atoms with van der Waals surface area (Å²) in [6.07, 6.45) is -0.218. The van der Waals surface area contributed by atoms with Crippen molar-refractivity contribution in [1.82, 2.24) is 0 Å². The number of hydrogen-bond acceptors (Lipinski definition) is 5. The quantitative estimate of drug-likeness (QED) is 0.496. The van der Waals surface area contributed by atoms with E-state index >= 15 is 0 Å². The van der Waals surface area contributed by atoms with Gasteiger partial charge in [-0.2, -0.15) is 0 Å². The van der Waals surface area contributed by atoms with Crippen LogP contribution in [0, 0.1) is 10.1 Å². The standard InChI is InChI=1S/C9H11N3O4/c10-7(4-9(11)14)6-3-5(13)1-2-8(6)12(15)16/h1-3,7,13H,4,10H2,(H2,11,14). The number of benzene rings is 1. The van der Waals surface area contributed by atoms with Crippen LogP contribution in [0.1, 0.15) is 18.0 Å². The van der Waals surface area contributed by atoms with Crippen molar-refractivity contribution in [2.24, 2.45) is 11.5 Å². The molecule has 86 valence electrons. The summed E-state index contributed by atoms with van der Waals surface area (Å²) in [7, 11) is 0. The number of hydrogen-bond donors (Lipinski definition) is 3. The Morgan fingerprint density at radius 3 is 2.69 bits per heavy atom. The number of phenols is 1. The van der Waals surface area contributed by atoms with E-state index in [1.54, 1.807) is 0 Å². The minimum absolute atomic E-state index is 0.0869. The predicted octanol–water partition coefficient (Wildman–Crippen LogP) is 0.176. The lowest BCUT2D eigenvalue weighted by Crippen LogP contribution is -2.21. The summed E-state index contributed by atoms with van der Waals surface area (Å²) in [4.78, 5) is 20.7. The van der Waals surface area contributed by atoms with Gasteiger partial charge >= 0.3 is 0 Å². The van der Waals surface area contributed by atoms with Gasteiger partial charge in [0.25, 0.3) is 5.69 Å². The largest absolute Gasteiger partial charge is 0.508 e. The van der Waals surface area contributed by atoms with E-state index in [9.17, 15) is 20.0 Å². The second-order valence-corrected chi connectivity index (χ2v) is 3.28. The number of nitro benzene ring substituents is 1. The highest BCUT2D eigenvalue weighted by Crippen LogP contribution is 2.28. The van der Waals surface area contributed by atoms with E-state index in [-0.39, 0.29) is 23.4 Å². The molecule has 0 fully saturated rings. The average molecular weight is 225 g/mol. The maximum Gasteiger partial charge on any atom is 0.274 e. The van der Waals surface area contributed by atoms with Gasteiger partial charge in [0.15, 0.2) is 0 Å². The van der Waals surface area contributed by atoms with Gasteiger partial charge in [-0.25, -0.2) is 0 Å². The molecule has 0 aliphatic heterocycles. The number of carbonyl (C=O) groups is 1. The number of aromatic hydroxyl groups is 1. The Balaban J connectivity index is 3.13. The van der Waals surface area contributed by atoms with E-state index < -0.39 is 16.9 Å². The highest BCUT2D eigenvalue weighted by atomic mass is 16.6. The molecule has 0 saturated heterocycles. The highest BCUT2D eigenvalue weighted by Gasteiger charge is 2.21. The van der Waals surface area contributed by atoms with Crippen LogP contribution in [-0.4, -0.2) is 15.9 Å². The minimum atomic E-state index is -0.898. The zero-order chi connectivity index (χ0) is 12.3. The van der Waals surface area contributed by atoms with Crippen molar-refractivity contribution in [3.05, 3.63) is 33.9 Å². The number of nitro groups is 1. The zero-order valence-electron chi connectivity index (χ0n) is 8.29. The summed E-state index contributed by atoms with van der Waals surface area (Å²) in [5, 5.41) is 19.9. The maximum atomic E-state index is 10.7. The molecule has 0 saturated carbocycles. The Morgan fingerprint density at radius 1 is 1.56 bits per heavy atom. The molecule has 1 rings (SSSR count). The smallest absolute Gasteiger partial charge is 0.274 e. The number of primary amides is 1. The fraction of sp³-hybridized carbons (Fsp3) is 0.222. The second kappa shape index (κ2) is 4.58. The predicted molar refractivity (Wildman–Crippen MR) is 55.5 cm³/mol. The summed E-state index contributed by atoms with van der Waals surface area (Å²) < 4.78 is 0. The number of nitrogens with zero attached hydrogens (tertiary/aromatic N) is 1. The third-order valence-corrected chi connectivity index (χ3v) is 2.03. The molecule has 0 aliphatic carbocycles. The van der Waals surface area contributed by atoms with Crippen molar-refractivity contribution in [2.45, 2.75) is 12.5 Å². The van der Waals surface area contributed by atoms with Gasteiger partial charge < -0.3 is 16.6 Å². The van der Waals surface area contributed by atoms with Gasteiger partial charge in [0.05, 0.1) is 10.5 Å². The fourth-order valence-electron chi connectivity index (χ4n) is 1.33. The first-order chi connectivity index (χ1) is 7.41. The molecule has 7 nitrogen and oxygen atoms in total. The summed E-state index contributed by atoms with van der Waals surface area (Å²) in [5.41, 5.74) is 10.4. The molecule has 0 aliphatic rings. The molecule has 0 bridgehead atoms. The SMILES string of the molecule is NC(=O)CC(N)c1cc(O)ccc1[N+](=O)[O-]. The second-order valence-electron chi connectivity index (χ2n) is 3.28. The lowest BCUT2D eigenvalue weighted by molar-refractivity contribution is -0.385. The molecule has 1 aromatic carbocycles. The summed E-state index contributed by atoms with van der Waals surface area (Å²) in [6, 6.07) is 2.57. The Morgan fingerprint density at radius 2 is 2.19 bits per heavy atom. The fourth-order valence-corrected chi connectivity index (χ4v) is 1.33. The van der Waals surface area contributed by atoms with E-state index in [0.29, 0.717) is 0 Å². The van der Waals surface area contributed by atoms with Gasteiger partial charge in [-0.15, -0.1) is 0 Å². The van der Waals surface area contributed by atoms with Crippen molar-refractivity contribution in [3.8, 4) is 5.75 Å². The van der Waals surface area contributed by atoms with Gasteiger partial charge in [0.2, 0.25) is 5.91 Å². The number of rotatable bonds is 4. The van der Waals surface area contributed by atoms with E-state index in [1.807, 2.05) is 0 Å². The average Bonchev–Trinajstić information content (AvgIpc) is 2.15. The number of carbonyl (C=O) groups excluding carboxylic acids is 1. The normalized spacial score (nSPS) is 12.1. The van der Waals surface area contributed by atoms with Gasteiger partial charge in [0.1, 0.15) is 5.75 Å². The number of nitrogens with two attached hydrogens (primary N) is 2. The Bertz CT molecular complexity index is 433. The van der Waals surface area contributed by atoms with Crippen LogP contribution >= 0.6 is 0 Å². The van der Waals surface area contributed by atoms with Crippen molar-refractivity contribution < 1.29 is 14.8 Å². The molecule has 0 spiro atoms. The van der Waals surface area contributed by atoms with E-state index in [1.165, 1.54) is 6.07 Å². The third kappa shape index (κ3) is 2.67. The topological polar surface area (TPSA) is 132 Å². The summed E-state index contributed by atoms with van der Waals surface area (Å²) in [6.45, 7) is 0. The van der Waals surface area contributed by atoms with E-state index in [0.717, 1.165) is 12.1 Å². The van der Waals surface area contributed by atoms with Crippen LogP contribution in [-0.2, 0) is 4.79 Å². The Labute approximate surface area is 90.8 Å². The zero-order valence-corrected chi connectivity index (χ0v) is 8.29. The first-order valence-corrected chi connectivity index (χ1v) is 4.43. The molecule has 1 atom stereocenters. The Kier molecular flexibility index (Phi) is 3.41. The van der Waals surface area contributed by atoms with E-state index in [2.05, 4.69) is 0 Å². The number of phenolic OH excluding ortho intramolecular Hbond substituents is 1. The molecule has 1 amide bonds. The molecule has 0 aromatic heterocycles. The van der Waals surface area contributed by atoms with Crippen LogP contribution in [0.2, 0.25) is 0 Å². The van der Waals surface area contributed by atoms with Gasteiger partial charge in [-0.3, -0.25) is 14.9 Å². The molecule has 5 N–H and O–H groups in total. The molecular weight excluding hydrogens is 214 g/mol. The van der Waals surface area contributed by atoms with Crippen LogP contribution in [0.3, 0.4) is 0 Å². The molecule has 0 heterocycles. The lowest BCUT2D eigenvalue weighted by atomic mass is 10.0. The Hall–Kier alpha value is -2.15. The monoisotopic (exact) mass is 225 g/mol. The van der Waals surface area contributed by atoms with Crippen LogP contribution in [0.4, 0.5) is 5.69 Å². The first-order valence-electron chi connectivity index (χ1n) is 4.43. The molecule has 1 unspecified atom stereocenters. The van der Waals surface area contributed by atoms with Crippen molar-refractivity contribution >= 4 is 11.6 Å². The minimum Gasteiger partial charge on any atom is -0.508 e. The third-order valence-electron chi connectivity index (χ3n) is 2.03. The lowest BCUT2D eigenvalue weighted by Gasteiger charge is -2.10. The summed E-state index contributed by atoms with van der Waals surface area (Å²) >= 11 is 0. The molecule has 0 radical (unpaired) electrons. The van der Waals surface area contributed by atoms with Crippen molar-refractivity contribution in [2.75, 3.05) is 0 Å². The molecule has 1 aromatic rings. The van der Waals surface area contributed by atoms with Gasteiger partial charge in [0, 0.05) is 18.5 Å². The van der Waals surface area contributed by atoms with Crippen molar-refractivity contribution in [1.29, 1.82) is 0 Å². The summed E-state index contributed by atoms with van der Waals surface area (Å²) in [5.74, 6) is -0.814. The maximum absolute atomic E-state index is 10.7. The number of amides is 1. The molecule has 16 heavy (non-hydrogen) atoms. The molecular formula is C9H11N3O4. The van der Waals surface area contributed by atoms with Crippen LogP contribution in [0.15, 0.2) is 18.2 Å².